The highest BCUT2D eigenvalue weighted by Crippen LogP contribution is 2.27. The molecule has 2 heterocycles. The first kappa shape index (κ1) is 13.6. The quantitative estimate of drug-likeness (QED) is 0.780. The summed E-state index contributed by atoms with van der Waals surface area (Å²) in [5.41, 5.74) is 2.11. The standard InChI is InChI=1S/C15H21N3O/c1-5-18(6-2)14-8-7-12-9-13(11(3)19-4)10-16-15(12)17-14/h9-10H,3,5-8H2,1-2,4H3. The van der Waals surface area contributed by atoms with Gasteiger partial charge in [-0.3, -0.25) is 0 Å². The van der Waals surface area contributed by atoms with Crippen LogP contribution in [0.3, 0.4) is 0 Å². The SMILES string of the molecule is C=C(OC)c1cnc2c(c1)CCC(N(CC)CC)=N2. The normalized spacial score (nSPS) is 13.5. The minimum atomic E-state index is 0.647. The smallest absolute Gasteiger partial charge is 0.157 e. The van der Waals surface area contributed by atoms with E-state index >= 15 is 0 Å². The predicted molar refractivity (Wildman–Crippen MR) is 78.6 cm³/mol. The van der Waals surface area contributed by atoms with E-state index in [-0.39, 0.29) is 0 Å². The van der Waals surface area contributed by atoms with Gasteiger partial charge in [-0.25, -0.2) is 9.98 Å². The molecule has 0 atom stereocenters. The Hall–Kier alpha value is -1.84. The zero-order valence-corrected chi connectivity index (χ0v) is 11.9. The van der Waals surface area contributed by atoms with Crippen LogP contribution in [0.5, 0.6) is 0 Å². The van der Waals surface area contributed by atoms with Crippen molar-refractivity contribution in [3.63, 3.8) is 0 Å². The molecule has 1 aromatic heterocycles. The molecule has 0 bridgehead atoms. The highest BCUT2D eigenvalue weighted by atomic mass is 16.5. The second kappa shape index (κ2) is 5.87. The van der Waals surface area contributed by atoms with Crippen LogP contribution in [0, 0.1) is 0 Å². The molecule has 0 saturated heterocycles. The molecular formula is C15H21N3O. The lowest BCUT2D eigenvalue weighted by Crippen LogP contribution is -2.32. The number of nitrogens with zero attached hydrogens (tertiary/aromatic N) is 3. The zero-order chi connectivity index (χ0) is 13.8. The fourth-order valence-corrected chi connectivity index (χ4v) is 2.30. The molecule has 1 aromatic rings. The topological polar surface area (TPSA) is 37.7 Å². The van der Waals surface area contributed by atoms with Gasteiger partial charge in [0.15, 0.2) is 5.82 Å². The number of hydrogen-bond donors (Lipinski definition) is 0. The van der Waals surface area contributed by atoms with E-state index in [1.54, 1.807) is 13.3 Å². The maximum Gasteiger partial charge on any atom is 0.157 e. The first-order chi connectivity index (χ1) is 9.19. The van der Waals surface area contributed by atoms with Crippen LogP contribution in [-0.2, 0) is 11.2 Å². The minimum absolute atomic E-state index is 0.647. The van der Waals surface area contributed by atoms with Crippen LogP contribution in [0.2, 0.25) is 0 Å². The van der Waals surface area contributed by atoms with Gasteiger partial charge >= 0.3 is 0 Å². The lowest BCUT2D eigenvalue weighted by Gasteiger charge is -2.26. The molecule has 0 N–H and O–H groups in total. The van der Waals surface area contributed by atoms with Gasteiger partial charge in [0.05, 0.1) is 7.11 Å². The number of rotatable bonds is 4. The lowest BCUT2D eigenvalue weighted by atomic mass is 10.0. The monoisotopic (exact) mass is 259 g/mol. The first-order valence-electron chi connectivity index (χ1n) is 6.74. The van der Waals surface area contributed by atoms with E-state index < -0.39 is 0 Å². The fourth-order valence-electron chi connectivity index (χ4n) is 2.30. The average molecular weight is 259 g/mol. The van der Waals surface area contributed by atoms with Gasteiger partial charge < -0.3 is 9.64 Å². The van der Waals surface area contributed by atoms with Crippen molar-refractivity contribution in [2.24, 2.45) is 4.99 Å². The van der Waals surface area contributed by atoms with E-state index in [2.05, 4.69) is 41.4 Å². The van der Waals surface area contributed by atoms with Crippen molar-refractivity contribution in [2.75, 3.05) is 20.2 Å². The van der Waals surface area contributed by atoms with E-state index in [1.165, 1.54) is 5.56 Å². The summed E-state index contributed by atoms with van der Waals surface area (Å²) < 4.78 is 5.14. The molecule has 4 nitrogen and oxygen atoms in total. The largest absolute Gasteiger partial charge is 0.497 e. The third-order valence-corrected chi connectivity index (χ3v) is 3.49. The summed E-state index contributed by atoms with van der Waals surface area (Å²) in [6.07, 6.45) is 3.72. The number of hydrogen-bond acceptors (Lipinski definition) is 4. The van der Waals surface area contributed by atoms with Gasteiger partial charge in [0.1, 0.15) is 11.6 Å². The number of methoxy groups -OCH3 is 1. The Labute approximate surface area is 114 Å². The Morgan fingerprint density at radius 2 is 2.11 bits per heavy atom. The van der Waals surface area contributed by atoms with Gasteiger partial charge in [0, 0.05) is 31.3 Å². The van der Waals surface area contributed by atoms with Crippen molar-refractivity contribution < 1.29 is 4.74 Å². The van der Waals surface area contributed by atoms with Crippen LogP contribution in [0.25, 0.3) is 5.76 Å². The number of aryl methyl sites for hydroxylation is 1. The number of aromatic nitrogens is 1. The first-order valence-corrected chi connectivity index (χ1v) is 6.74. The number of fused-ring (bicyclic) bond motifs is 1. The van der Waals surface area contributed by atoms with Gasteiger partial charge in [0.2, 0.25) is 0 Å². The van der Waals surface area contributed by atoms with Gasteiger partial charge in [-0.15, -0.1) is 0 Å². The summed E-state index contributed by atoms with van der Waals surface area (Å²) in [6, 6.07) is 2.08. The summed E-state index contributed by atoms with van der Waals surface area (Å²) in [5, 5.41) is 0. The van der Waals surface area contributed by atoms with Gasteiger partial charge in [-0.2, -0.15) is 0 Å². The number of aliphatic imine (C=N–C) groups is 1. The number of amidine groups is 1. The van der Waals surface area contributed by atoms with Crippen LogP contribution in [0.4, 0.5) is 5.82 Å². The second-order valence-corrected chi connectivity index (χ2v) is 4.53. The molecule has 0 amide bonds. The molecule has 1 aliphatic rings. The maximum absolute atomic E-state index is 5.14. The molecule has 0 unspecified atom stereocenters. The van der Waals surface area contributed by atoms with Crippen molar-refractivity contribution in [1.82, 2.24) is 9.88 Å². The van der Waals surface area contributed by atoms with Crippen molar-refractivity contribution in [3.05, 3.63) is 30.0 Å². The van der Waals surface area contributed by atoms with Crippen molar-refractivity contribution in [3.8, 4) is 0 Å². The van der Waals surface area contributed by atoms with E-state index in [9.17, 15) is 0 Å². The van der Waals surface area contributed by atoms with E-state index in [0.29, 0.717) is 5.76 Å². The van der Waals surface area contributed by atoms with Crippen LogP contribution in [0.1, 0.15) is 31.4 Å². The minimum Gasteiger partial charge on any atom is -0.497 e. The summed E-state index contributed by atoms with van der Waals surface area (Å²) >= 11 is 0. The summed E-state index contributed by atoms with van der Waals surface area (Å²) in [6.45, 7) is 10.1. The van der Waals surface area contributed by atoms with Crippen LogP contribution < -0.4 is 0 Å². The molecule has 0 radical (unpaired) electrons. The van der Waals surface area contributed by atoms with Crippen LogP contribution in [-0.4, -0.2) is 35.9 Å². The fraction of sp³-hybridized carbons (Fsp3) is 0.467. The molecule has 0 spiro atoms. The lowest BCUT2D eigenvalue weighted by molar-refractivity contribution is 0.371. The third kappa shape index (κ3) is 2.78. The summed E-state index contributed by atoms with van der Waals surface area (Å²) in [7, 11) is 1.62. The zero-order valence-electron chi connectivity index (χ0n) is 11.9. The van der Waals surface area contributed by atoms with Crippen LogP contribution >= 0.6 is 0 Å². The Morgan fingerprint density at radius 1 is 1.37 bits per heavy atom. The van der Waals surface area contributed by atoms with Gasteiger partial charge in [-0.1, -0.05) is 6.58 Å². The number of ether oxygens (including phenoxy) is 1. The Bertz CT molecular complexity index is 504. The highest BCUT2D eigenvalue weighted by Gasteiger charge is 2.17. The van der Waals surface area contributed by atoms with Crippen molar-refractivity contribution in [2.45, 2.75) is 26.7 Å². The van der Waals surface area contributed by atoms with Crippen molar-refractivity contribution in [1.29, 1.82) is 0 Å². The molecule has 0 saturated carbocycles. The van der Waals surface area contributed by atoms with Gasteiger partial charge in [-0.05, 0) is 31.9 Å². The van der Waals surface area contributed by atoms with E-state index in [1.807, 2.05) is 0 Å². The Morgan fingerprint density at radius 3 is 2.74 bits per heavy atom. The Balaban J connectivity index is 2.29. The average Bonchev–Trinajstić information content (AvgIpc) is 2.47. The predicted octanol–water partition coefficient (Wildman–Crippen LogP) is 3.02. The molecule has 2 rings (SSSR count). The van der Waals surface area contributed by atoms with Crippen molar-refractivity contribution >= 4 is 17.4 Å². The molecule has 19 heavy (non-hydrogen) atoms. The Kier molecular flexibility index (Phi) is 4.20. The molecule has 0 aliphatic carbocycles. The maximum atomic E-state index is 5.14. The van der Waals surface area contributed by atoms with E-state index in [4.69, 9.17) is 4.74 Å². The molecule has 4 heteroatoms. The molecular weight excluding hydrogens is 238 g/mol. The summed E-state index contributed by atoms with van der Waals surface area (Å²) in [5.74, 6) is 2.62. The molecule has 102 valence electrons. The number of pyridine rings is 1. The summed E-state index contributed by atoms with van der Waals surface area (Å²) in [4.78, 5) is 11.4. The highest BCUT2D eigenvalue weighted by molar-refractivity contribution is 5.86. The second-order valence-electron chi connectivity index (χ2n) is 4.53. The molecule has 0 fully saturated rings. The van der Waals surface area contributed by atoms with E-state index in [0.717, 1.165) is 43.1 Å². The van der Waals surface area contributed by atoms with Crippen LogP contribution in [0.15, 0.2) is 23.8 Å². The van der Waals surface area contributed by atoms with Gasteiger partial charge in [0.25, 0.3) is 0 Å². The molecule has 1 aliphatic heterocycles. The molecule has 0 aromatic carbocycles. The third-order valence-electron chi connectivity index (χ3n) is 3.49.